The van der Waals surface area contributed by atoms with E-state index < -0.39 is 5.41 Å². The Balaban J connectivity index is 0.875. The number of rotatable bonds is 5. The van der Waals surface area contributed by atoms with Crippen molar-refractivity contribution in [3.63, 3.8) is 0 Å². The summed E-state index contributed by atoms with van der Waals surface area (Å²) in [5, 5.41) is 0. The van der Waals surface area contributed by atoms with Gasteiger partial charge in [0.2, 0.25) is 0 Å². The maximum absolute atomic E-state index is 6.55. The molecule has 4 fully saturated rings. The molecule has 2 heterocycles. The minimum Gasteiger partial charge on any atom is -0.457 e. The predicted molar refractivity (Wildman–Crippen MR) is 239 cm³/mol. The quantitative estimate of drug-likeness (QED) is 0.175. The third-order valence-electron chi connectivity index (χ3n) is 15.3. The monoisotopic (exact) mass is 777 g/mol. The molecule has 0 N–H and O–H groups in total. The van der Waals surface area contributed by atoms with Crippen LogP contribution in [0.3, 0.4) is 0 Å². The minimum atomic E-state index is -0.452. The van der Waals surface area contributed by atoms with Crippen LogP contribution in [0.5, 0.6) is 11.5 Å². The molecule has 6 aromatic rings. The van der Waals surface area contributed by atoms with Crippen molar-refractivity contribution >= 4 is 5.57 Å². The summed E-state index contributed by atoms with van der Waals surface area (Å²) >= 11 is 0. The summed E-state index contributed by atoms with van der Waals surface area (Å²) in [6.07, 6.45) is 25.8. The van der Waals surface area contributed by atoms with Crippen LogP contribution in [0.1, 0.15) is 108 Å². The molecule has 1 spiro atoms. The molecular weight excluding hydrogens is 731 g/mol. The van der Waals surface area contributed by atoms with Crippen molar-refractivity contribution in [3.05, 3.63) is 203 Å². The van der Waals surface area contributed by atoms with Crippen molar-refractivity contribution in [2.24, 2.45) is 17.8 Å². The maximum Gasteiger partial charge on any atom is 0.163 e. The summed E-state index contributed by atoms with van der Waals surface area (Å²) in [7, 11) is 0. The van der Waals surface area contributed by atoms with Gasteiger partial charge in [0, 0.05) is 33.9 Å². The van der Waals surface area contributed by atoms with Crippen molar-refractivity contribution in [2.45, 2.75) is 74.0 Å². The first-order chi connectivity index (χ1) is 29.6. The Hall–Kier alpha value is -6.13. The molecule has 14 rings (SSSR count). The van der Waals surface area contributed by atoms with E-state index in [1.165, 1.54) is 88.6 Å². The Labute approximate surface area is 352 Å². The van der Waals surface area contributed by atoms with Crippen LogP contribution in [-0.2, 0) is 10.8 Å². The molecule has 0 radical (unpaired) electrons. The standard InChI is InChI=1S/C56H47N3O/c1-2-11-38(12-3-1)41-13-10-14-43(30-41)53-57-52(58-54(59-53)55-32-35-27-36(33-55)29-37(28-35)34-55)40-23-21-39(22-24-40)42-25-26-47-45(31-42)44-15-4-5-16-46(44)56(47)48-17-6-8-19-50(48)60-51-20-9-7-18-49(51)56/h1-11,13-23,25-26,30-31,35-38,40H,12,24,27-29,32-34H2/t35-,36-,37?,38?,40?,55?/m1/s1. The molecule has 4 nitrogen and oxygen atoms in total. The lowest BCUT2D eigenvalue weighted by Crippen LogP contribution is -2.49. The molecule has 0 amide bonds. The van der Waals surface area contributed by atoms with E-state index >= 15 is 0 Å². The van der Waals surface area contributed by atoms with Crippen LogP contribution in [-0.4, -0.2) is 15.0 Å². The van der Waals surface area contributed by atoms with E-state index in [0.29, 0.717) is 5.92 Å². The molecular formula is C56H47N3O. The fourth-order valence-electron chi connectivity index (χ4n) is 13.1. The van der Waals surface area contributed by atoms with Crippen molar-refractivity contribution < 1.29 is 4.74 Å². The van der Waals surface area contributed by atoms with Crippen molar-refractivity contribution in [3.8, 4) is 34.0 Å². The number of ether oxygens (including phenoxy) is 1. The van der Waals surface area contributed by atoms with E-state index in [9.17, 15) is 0 Å². The molecule has 60 heavy (non-hydrogen) atoms. The van der Waals surface area contributed by atoms with Crippen molar-refractivity contribution in [2.75, 3.05) is 0 Å². The lowest BCUT2D eigenvalue weighted by Gasteiger charge is -2.56. The van der Waals surface area contributed by atoms with E-state index in [1.54, 1.807) is 0 Å². The zero-order valence-electron chi connectivity index (χ0n) is 33.8. The molecule has 5 aromatic carbocycles. The highest BCUT2D eigenvalue weighted by molar-refractivity contribution is 5.91. The second kappa shape index (κ2) is 13.2. The van der Waals surface area contributed by atoms with Crippen LogP contribution in [0, 0.1) is 17.8 Å². The van der Waals surface area contributed by atoms with Gasteiger partial charge >= 0.3 is 0 Å². The highest BCUT2D eigenvalue weighted by Gasteiger charge is 2.54. The lowest BCUT2D eigenvalue weighted by atomic mass is 9.49. The van der Waals surface area contributed by atoms with E-state index in [-0.39, 0.29) is 11.3 Å². The Bertz CT molecular complexity index is 2800. The van der Waals surface area contributed by atoms with Gasteiger partial charge in [-0.15, -0.1) is 0 Å². The molecule has 1 aromatic heterocycles. The molecule has 0 saturated heterocycles. The van der Waals surface area contributed by atoms with Gasteiger partial charge in [0.05, 0.1) is 5.41 Å². The average molecular weight is 778 g/mol. The summed E-state index contributed by atoms with van der Waals surface area (Å²) in [5.41, 5.74) is 12.1. The molecule has 4 saturated carbocycles. The molecule has 4 heteroatoms. The molecule has 8 aliphatic rings. The van der Waals surface area contributed by atoms with E-state index in [4.69, 9.17) is 19.7 Å². The van der Waals surface area contributed by atoms with Crippen LogP contribution in [0.15, 0.2) is 158 Å². The molecule has 4 bridgehead atoms. The highest BCUT2D eigenvalue weighted by atomic mass is 16.5. The van der Waals surface area contributed by atoms with Gasteiger partial charge in [0.15, 0.2) is 5.82 Å². The fourth-order valence-corrected chi connectivity index (χ4v) is 13.1. The number of hydrogen-bond acceptors (Lipinski definition) is 4. The number of benzene rings is 5. The number of nitrogens with zero attached hydrogens (tertiary/aromatic N) is 3. The summed E-state index contributed by atoms with van der Waals surface area (Å²) in [4.78, 5) is 16.3. The fraction of sp³-hybridized carbons (Fsp3) is 0.268. The molecule has 7 aliphatic carbocycles. The van der Waals surface area contributed by atoms with Crippen LogP contribution >= 0.6 is 0 Å². The van der Waals surface area contributed by atoms with Gasteiger partial charge < -0.3 is 4.74 Å². The zero-order valence-corrected chi connectivity index (χ0v) is 33.8. The van der Waals surface area contributed by atoms with Gasteiger partial charge in [-0.05, 0) is 132 Å². The van der Waals surface area contributed by atoms with Crippen LogP contribution in [0.4, 0.5) is 0 Å². The smallest absolute Gasteiger partial charge is 0.163 e. The Morgan fingerprint density at radius 1 is 0.550 bits per heavy atom. The summed E-state index contributed by atoms with van der Waals surface area (Å²) in [6, 6.07) is 42.3. The molecule has 292 valence electrons. The highest BCUT2D eigenvalue weighted by Crippen LogP contribution is 2.63. The van der Waals surface area contributed by atoms with E-state index in [0.717, 1.165) is 65.1 Å². The average Bonchev–Trinajstić information content (AvgIpc) is 3.59. The topological polar surface area (TPSA) is 47.9 Å². The lowest BCUT2D eigenvalue weighted by molar-refractivity contribution is -0.00957. The van der Waals surface area contributed by atoms with Crippen LogP contribution in [0.25, 0.3) is 28.1 Å². The van der Waals surface area contributed by atoms with Gasteiger partial charge in [-0.2, -0.15) is 0 Å². The predicted octanol–water partition coefficient (Wildman–Crippen LogP) is 13.2. The molecule has 2 atom stereocenters. The Morgan fingerprint density at radius 2 is 1.27 bits per heavy atom. The second-order valence-electron chi connectivity index (χ2n) is 18.8. The Kier molecular flexibility index (Phi) is 7.63. The van der Waals surface area contributed by atoms with E-state index in [1.807, 2.05) is 0 Å². The zero-order chi connectivity index (χ0) is 39.4. The number of para-hydroxylation sites is 2. The van der Waals surface area contributed by atoms with Crippen LogP contribution < -0.4 is 4.74 Å². The maximum atomic E-state index is 6.55. The summed E-state index contributed by atoms with van der Waals surface area (Å²) in [5.74, 6) is 7.60. The van der Waals surface area contributed by atoms with Gasteiger partial charge in [-0.25, -0.2) is 15.0 Å². The van der Waals surface area contributed by atoms with Gasteiger partial charge in [0.1, 0.15) is 23.1 Å². The number of allylic oxidation sites excluding steroid dienone is 8. The third-order valence-corrected chi connectivity index (χ3v) is 15.3. The van der Waals surface area contributed by atoms with E-state index in [2.05, 4.69) is 158 Å². The van der Waals surface area contributed by atoms with Crippen molar-refractivity contribution in [1.82, 2.24) is 15.0 Å². The van der Waals surface area contributed by atoms with Crippen LogP contribution in [0.2, 0.25) is 0 Å². The molecule has 1 aliphatic heterocycles. The first kappa shape index (κ1) is 34.7. The first-order valence-electron chi connectivity index (χ1n) is 22.3. The third kappa shape index (κ3) is 5.19. The van der Waals surface area contributed by atoms with Crippen molar-refractivity contribution in [1.29, 1.82) is 0 Å². The van der Waals surface area contributed by atoms with Gasteiger partial charge in [-0.3, -0.25) is 0 Å². The largest absolute Gasteiger partial charge is 0.457 e. The first-order valence-corrected chi connectivity index (χ1v) is 22.3. The Morgan fingerprint density at radius 3 is 1.98 bits per heavy atom. The number of aromatic nitrogens is 3. The summed E-state index contributed by atoms with van der Waals surface area (Å²) in [6.45, 7) is 0. The minimum absolute atomic E-state index is 0.0820. The molecule has 2 unspecified atom stereocenters. The van der Waals surface area contributed by atoms with Gasteiger partial charge in [0.25, 0.3) is 0 Å². The number of fused-ring (bicyclic) bond motifs is 9. The second-order valence-corrected chi connectivity index (χ2v) is 18.8. The summed E-state index contributed by atoms with van der Waals surface area (Å²) < 4.78 is 6.55. The van der Waals surface area contributed by atoms with Gasteiger partial charge in [-0.1, -0.05) is 134 Å². The SMILES string of the molecule is C1=CCC(c2cccc(-c3nc(C4C=CC(c5ccc6c(c5)-c5ccccc5C65c6ccccc6Oc6ccccc65)=CC4)nc(C45CC6C[C@H](C4)C[C@H](C6)C5)n3)c2)C=C1. The normalized spacial score (nSPS) is 26.9. The number of hydrogen-bond donors (Lipinski definition) is 0.